The molecule has 1 fully saturated rings. The molecule has 4 aromatic rings. The van der Waals surface area contributed by atoms with Crippen molar-refractivity contribution in [1.29, 1.82) is 0 Å². The molecule has 0 aliphatic carbocycles. The SMILES string of the molecule is COc1ccc(Oc2cc(C)nc(C3CCCN3C(=O)c3cncc(-c4cncnc4)c3)n2)cc1. The first-order valence-corrected chi connectivity index (χ1v) is 11.3. The Hall–Kier alpha value is -4.40. The summed E-state index contributed by atoms with van der Waals surface area (Å²) in [7, 11) is 1.62. The van der Waals surface area contributed by atoms with Gasteiger partial charge in [0.1, 0.15) is 17.8 Å². The number of ether oxygens (including phenoxy) is 2. The Morgan fingerprint density at radius 3 is 2.46 bits per heavy atom. The molecule has 3 aromatic heterocycles. The minimum Gasteiger partial charge on any atom is -0.497 e. The van der Waals surface area contributed by atoms with Gasteiger partial charge in [0.2, 0.25) is 5.88 Å². The van der Waals surface area contributed by atoms with Crippen LogP contribution in [0.25, 0.3) is 11.1 Å². The highest BCUT2D eigenvalue weighted by Gasteiger charge is 2.33. The number of hydrogen-bond acceptors (Lipinski definition) is 8. The van der Waals surface area contributed by atoms with E-state index in [9.17, 15) is 4.79 Å². The molecule has 1 saturated heterocycles. The average molecular weight is 469 g/mol. The Kier molecular flexibility index (Phi) is 6.30. The lowest BCUT2D eigenvalue weighted by atomic mass is 10.1. The Morgan fingerprint density at radius 1 is 0.943 bits per heavy atom. The summed E-state index contributed by atoms with van der Waals surface area (Å²) >= 11 is 0. The van der Waals surface area contributed by atoms with Crippen LogP contribution in [0.4, 0.5) is 0 Å². The molecule has 1 amide bonds. The lowest BCUT2D eigenvalue weighted by Crippen LogP contribution is -2.31. The predicted octanol–water partition coefficient (Wildman–Crippen LogP) is 4.42. The Morgan fingerprint density at radius 2 is 1.69 bits per heavy atom. The number of amides is 1. The first-order valence-electron chi connectivity index (χ1n) is 11.3. The number of nitrogens with zero attached hydrogens (tertiary/aromatic N) is 6. The van der Waals surface area contributed by atoms with Gasteiger partial charge in [0.25, 0.3) is 5.91 Å². The highest BCUT2D eigenvalue weighted by atomic mass is 16.5. The maximum absolute atomic E-state index is 13.5. The molecule has 9 nitrogen and oxygen atoms in total. The fourth-order valence-electron chi connectivity index (χ4n) is 4.13. The van der Waals surface area contributed by atoms with Crippen molar-refractivity contribution < 1.29 is 14.3 Å². The van der Waals surface area contributed by atoms with E-state index in [2.05, 4.69) is 24.9 Å². The van der Waals surface area contributed by atoms with Crippen LogP contribution < -0.4 is 9.47 Å². The number of aryl methyl sites for hydroxylation is 1. The number of rotatable bonds is 6. The van der Waals surface area contributed by atoms with Crippen LogP contribution in [0.5, 0.6) is 17.4 Å². The van der Waals surface area contributed by atoms with Crippen molar-refractivity contribution in [3.63, 3.8) is 0 Å². The van der Waals surface area contributed by atoms with Gasteiger partial charge in [0.15, 0.2) is 5.82 Å². The summed E-state index contributed by atoms with van der Waals surface area (Å²) in [4.78, 5) is 37.0. The van der Waals surface area contributed by atoms with E-state index in [4.69, 9.17) is 9.47 Å². The van der Waals surface area contributed by atoms with Gasteiger partial charge in [-0.3, -0.25) is 9.78 Å². The maximum atomic E-state index is 13.5. The van der Waals surface area contributed by atoms with Crippen LogP contribution in [0, 0.1) is 6.92 Å². The monoisotopic (exact) mass is 468 g/mol. The number of hydrogen-bond donors (Lipinski definition) is 0. The van der Waals surface area contributed by atoms with Gasteiger partial charge in [-0.25, -0.2) is 15.0 Å². The van der Waals surface area contributed by atoms with E-state index >= 15 is 0 Å². The van der Waals surface area contributed by atoms with Gasteiger partial charge in [-0.05, 0) is 50.1 Å². The Labute approximate surface area is 202 Å². The molecule has 176 valence electrons. The molecule has 0 bridgehead atoms. The van der Waals surface area contributed by atoms with Crippen molar-refractivity contribution in [3.05, 3.63) is 84.6 Å². The van der Waals surface area contributed by atoms with E-state index in [0.717, 1.165) is 35.4 Å². The van der Waals surface area contributed by atoms with Crippen LogP contribution in [0.1, 0.15) is 40.8 Å². The highest BCUT2D eigenvalue weighted by molar-refractivity contribution is 5.95. The zero-order valence-corrected chi connectivity index (χ0v) is 19.5. The van der Waals surface area contributed by atoms with Crippen LogP contribution in [0.3, 0.4) is 0 Å². The first kappa shape index (κ1) is 22.4. The summed E-state index contributed by atoms with van der Waals surface area (Å²) in [5.74, 6) is 2.28. The van der Waals surface area contributed by atoms with E-state index in [1.807, 2.05) is 42.2 Å². The first-order chi connectivity index (χ1) is 17.1. The fraction of sp³-hybridized carbons (Fsp3) is 0.231. The van der Waals surface area contributed by atoms with E-state index < -0.39 is 0 Å². The van der Waals surface area contributed by atoms with E-state index in [1.165, 1.54) is 6.33 Å². The lowest BCUT2D eigenvalue weighted by molar-refractivity contribution is 0.0728. The number of carbonyl (C=O) groups is 1. The van der Waals surface area contributed by atoms with Gasteiger partial charge < -0.3 is 14.4 Å². The molecule has 1 aromatic carbocycles. The average Bonchev–Trinajstić information content (AvgIpc) is 3.39. The fourth-order valence-corrected chi connectivity index (χ4v) is 4.13. The molecule has 1 aliphatic rings. The molecular weight excluding hydrogens is 444 g/mol. The number of carbonyl (C=O) groups excluding carboxylic acids is 1. The number of benzene rings is 1. The van der Waals surface area contributed by atoms with Crippen LogP contribution in [-0.2, 0) is 0 Å². The molecule has 0 radical (unpaired) electrons. The van der Waals surface area contributed by atoms with Gasteiger partial charge in [0, 0.05) is 54.2 Å². The Bertz CT molecular complexity index is 1330. The minimum atomic E-state index is -0.246. The molecule has 1 atom stereocenters. The van der Waals surface area contributed by atoms with Crippen molar-refractivity contribution in [2.24, 2.45) is 0 Å². The lowest BCUT2D eigenvalue weighted by Gasteiger charge is -2.24. The second kappa shape index (κ2) is 9.84. The number of likely N-dealkylation sites (tertiary alicyclic amines) is 1. The maximum Gasteiger partial charge on any atom is 0.256 e. The number of methoxy groups -OCH3 is 1. The normalized spacial score (nSPS) is 15.1. The molecule has 5 rings (SSSR count). The number of pyridine rings is 1. The van der Waals surface area contributed by atoms with Crippen molar-refractivity contribution >= 4 is 5.91 Å². The third-order valence-corrected chi connectivity index (χ3v) is 5.82. The summed E-state index contributed by atoms with van der Waals surface area (Å²) < 4.78 is 11.2. The molecule has 4 heterocycles. The van der Waals surface area contributed by atoms with E-state index in [0.29, 0.717) is 29.6 Å². The topological polar surface area (TPSA) is 103 Å². The molecule has 0 N–H and O–H groups in total. The zero-order valence-electron chi connectivity index (χ0n) is 19.5. The van der Waals surface area contributed by atoms with Crippen molar-refractivity contribution in [2.45, 2.75) is 25.8 Å². The summed E-state index contributed by atoms with van der Waals surface area (Å²) in [6, 6.07) is 10.6. The molecule has 0 spiro atoms. The zero-order chi connectivity index (χ0) is 24.2. The van der Waals surface area contributed by atoms with Crippen molar-refractivity contribution in [1.82, 2.24) is 29.8 Å². The third kappa shape index (κ3) is 4.93. The Balaban J connectivity index is 1.39. The van der Waals surface area contributed by atoms with E-state index in [1.54, 1.807) is 38.0 Å². The second-order valence-electron chi connectivity index (χ2n) is 8.23. The minimum absolute atomic E-state index is 0.110. The largest absolute Gasteiger partial charge is 0.497 e. The van der Waals surface area contributed by atoms with Crippen molar-refractivity contribution in [3.8, 4) is 28.5 Å². The van der Waals surface area contributed by atoms with Crippen LogP contribution >= 0.6 is 0 Å². The standard InChI is InChI=1S/C26H24N6O3/c1-17-10-24(35-22-7-5-21(34-2)6-8-22)31-25(30-17)23-4-3-9-32(23)26(33)19-11-18(12-27-13-19)20-14-28-16-29-15-20/h5-8,10-16,23H,3-4,9H2,1-2H3. The molecule has 1 unspecified atom stereocenters. The van der Waals surface area contributed by atoms with Crippen LogP contribution in [-0.4, -0.2) is 49.4 Å². The van der Waals surface area contributed by atoms with E-state index in [-0.39, 0.29) is 11.9 Å². The summed E-state index contributed by atoms with van der Waals surface area (Å²) in [5, 5.41) is 0. The second-order valence-corrected chi connectivity index (χ2v) is 8.23. The van der Waals surface area contributed by atoms with Gasteiger partial charge in [-0.2, -0.15) is 4.98 Å². The third-order valence-electron chi connectivity index (χ3n) is 5.82. The highest BCUT2D eigenvalue weighted by Crippen LogP contribution is 2.33. The van der Waals surface area contributed by atoms with Crippen molar-refractivity contribution in [2.75, 3.05) is 13.7 Å². The predicted molar refractivity (Wildman–Crippen MR) is 128 cm³/mol. The van der Waals surface area contributed by atoms with Crippen LogP contribution in [0.15, 0.2) is 67.5 Å². The smallest absolute Gasteiger partial charge is 0.256 e. The summed E-state index contributed by atoms with van der Waals surface area (Å²) in [6.45, 7) is 2.51. The van der Waals surface area contributed by atoms with Gasteiger partial charge in [0.05, 0.1) is 18.7 Å². The summed E-state index contributed by atoms with van der Waals surface area (Å²) in [5.41, 5.74) is 2.86. The molecule has 35 heavy (non-hydrogen) atoms. The molecule has 1 aliphatic heterocycles. The van der Waals surface area contributed by atoms with Gasteiger partial charge >= 0.3 is 0 Å². The molecular formula is C26H24N6O3. The number of aromatic nitrogens is 5. The van der Waals surface area contributed by atoms with Gasteiger partial charge in [-0.15, -0.1) is 0 Å². The van der Waals surface area contributed by atoms with Crippen LogP contribution in [0.2, 0.25) is 0 Å². The molecule has 9 heteroatoms. The van der Waals surface area contributed by atoms with Gasteiger partial charge in [-0.1, -0.05) is 0 Å². The molecule has 0 saturated carbocycles. The summed E-state index contributed by atoms with van der Waals surface area (Å²) in [6.07, 6.45) is 9.78. The quantitative estimate of drug-likeness (QED) is 0.410.